The highest BCUT2D eigenvalue weighted by Gasteiger charge is 2.40. The van der Waals surface area contributed by atoms with Crippen LogP contribution in [0.4, 0.5) is 4.79 Å². The predicted molar refractivity (Wildman–Crippen MR) is 99.3 cm³/mol. The Labute approximate surface area is 153 Å². The van der Waals surface area contributed by atoms with Crippen molar-refractivity contribution in [2.45, 2.75) is 39.2 Å². The van der Waals surface area contributed by atoms with Crippen molar-refractivity contribution in [2.75, 3.05) is 6.61 Å². The lowest BCUT2D eigenvalue weighted by atomic mass is 9.85. The normalized spacial score (nSPS) is 20.5. The summed E-state index contributed by atoms with van der Waals surface area (Å²) in [4.78, 5) is 15.6. The number of rotatable bonds is 5. The minimum Gasteiger partial charge on any atom is -0.477 e. The lowest BCUT2D eigenvalue weighted by Crippen LogP contribution is -2.34. The second-order valence-corrected chi connectivity index (χ2v) is 8.10. The molecule has 5 nitrogen and oxygen atoms in total. The van der Waals surface area contributed by atoms with E-state index in [0.29, 0.717) is 11.8 Å². The molecule has 2 N–H and O–H groups in total. The molecule has 26 heavy (non-hydrogen) atoms. The highest BCUT2D eigenvalue weighted by molar-refractivity contribution is 5.68. The first-order valence-corrected chi connectivity index (χ1v) is 9.14. The summed E-state index contributed by atoms with van der Waals surface area (Å²) in [7, 11) is 0. The van der Waals surface area contributed by atoms with E-state index in [9.17, 15) is 4.79 Å². The minimum atomic E-state index is -0.981. The zero-order valence-corrected chi connectivity index (χ0v) is 15.2. The van der Waals surface area contributed by atoms with Crippen LogP contribution in [0.25, 0.3) is 11.1 Å². The lowest BCUT2D eigenvalue weighted by Gasteiger charge is -2.27. The van der Waals surface area contributed by atoms with Gasteiger partial charge in [0, 0.05) is 17.8 Å². The van der Waals surface area contributed by atoms with E-state index in [1.807, 2.05) is 30.5 Å². The molecule has 1 fully saturated rings. The highest BCUT2D eigenvalue weighted by Crippen LogP contribution is 2.46. The van der Waals surface area contributed by atoms with Crippen LogP contribution in [0.15, 0.2) is 36.5 Å². The molecule has 0 aliphatic heterocycles. The second kappa shape index (κ2) is 6.31. The van der Waals surface area contributed by atoms with Crippen LogP contribution in [0.5, 0.6) is 5.88 Å². The third kappa shape index (κ3) is 3.39. The van der Waals surface area contributed by atoms with Gasteiger partial charge in [0.1, 0.15) is 0 Å². The zero-order chi connectivity index (χ0) is 18.3. The molecular weight excluding hydrogens is 328 g/mol. The number of nitrogens with zero attached hydrogens (tertiary/aromatic N) is 1. The monoisotopic (exact) mass is 352 g/mol. The third-order valence-corrected chi connectivity index (χ3v) is 5.38. The van der Waals surface area contributed by atoms with E-state index in [1.165, 1.54) is 18.4 Å². The summed E-state index contributed by atoms with van der Waals surface area (Å²) in [5, 5.41) is 11.8. The van der Waals surface area contributed by atoms with Gasteiger partial charge >= 0.3 is 6.09 Å². The Morgan fingerprint density at radius 2 is 2.04 bits per heavy atom. The molecule has 1 atom stereocenters. The molecule has 1 heterocycles. The Morgan fingerprint density at radius 3 is 2.69 bits per heavy atom. The Hall–Kier alpha value is -2.56. The number of carbonyl (C=O) groups is 1. The number of aromatic nitrogens is 1. The molecule has 0 bridgehead atoms. The smallest absolute Gasteiger partial charge is 0.405 e. The number of amides is 1. The number of benzene rings is 1. The number of carboxylic acid groups (broad SMARTS) is 1. The first-order valence-electron chi connectivity index (χ1n) is 9.14. The average Bonchev–Trinajstić information content (AvgIpc) is 3.39. The van der Waals surface area contributed by atoms with E-state index < -0.39 is 6.09 Å². The van der Waals surface area contributed by atoms with Crippen LogP contribution in [0.1, 0.15) is 43.9 Å². The van der Waals surface area contributed by atoms with E-state index in [2.05, 4.69) is 30.2 Å². The quantitative estimate of drug-likeness (QED) is 0.835. The molecule has 0 radical (unpaired) electrons. The topological polar surface area (TPSA) is 71.5 Å². The molecule has 1 amide bonds. The fourth-order valence-corrected chi connectivity index (χ4v) is 3.75. The zero-order valence-electron chi connectivity index (χ0n) is 15.2. The maximum absolute atomic E-state index is 11.1. The SMILES string of the molecule is CC1(C)Cc2cc(-c3ccc(OCC4CC4)nc3)ccc2[C@@H]1NC(=O)O. The molecule has 5 heteroatoms. The summed E-state index contributed by atoms with van der Waals surface area (Å²) in [6, 6.07) is 10.0. The van der Waals surface area contributed by atoms with E-state index in [1.54, 1.807) is 0 Å². The fraction of sp³-hybridized carbons (Fsp3) is 0.429. The van der Waals surface area contributed by atoms with Crippen LogP contribution in [0, 0.1) is 11.3 Å². The van der Waals surface area contributed by atoms with Crippen LogP contribution >= 0.6 is 0 Å². The Balaban J connectivity index is 1.54. The Morgan fingerprint density at radius 1 is 1.27 bits per heavy atom. The van der Waals surface area contributed by atoms with Gasteiger partial charge in [-0.15, -0.1) is 0 Å². The van der Waals surface area contributed by atoms with Gasteiger partial charge in [0.15, 0.2) is 0 Å². The first kappa shape index (κ1) is 16.9. The van der Waals surface area contributed by atoms with E-state index in [4.69, 9.17) is 9.84 Å². The summed E-state index contributed by atoms with van der Waals surface area (Å²) in [6.07, 6.45) is 4.24. The average molecular weight is 352 g/mol. The van der Waals surface area contributed by atoms with Gasteiger partial charge in [-0.3, -0.25) is 0 Å². The predicted octanol–water partition coefficient (Wildman–Crippen LogP) is 4.43. The van der Waals surface area contributed by atoms with Gasteiger partial charge in [-0.2, -0.15) is 0 Å². The van der Waals surface area contributed by atoms with E-state index >= 15 is 0 Å². The minimum absolute atomic E-state index is 0.141. The maximum Gasteiger partial charge on any atom is 0.405 e. The number of fused-ring (bicyclic) bond motifs is 1. The van der Waals surface area contributed by atoms with Gasteiger partial charge in [0.05, 0.1) is 12.6 Å². The lowest BCUT2D eigenvalue weighted by molar-refractivity contribution is 0.175. The summed E-state index contributed by atoms with van der Waals surface area (Å²) in [5.74, 6) is 1.39. The number of hydrogen-bond acceptors (Lipinski definition) is 3. The second-order valence-electron chi connectivity index (χ2n) is 8.10. The molecule has 1 saturated carbocycles. The molecule has 1 aromatic heterocycles. The molecule has 2 aliphatic rings. The summed E-state index contributed by atoms with van der Waals surface area (Å²) in [5.41, 5.74) is 4.26. The molecule has 2 aliphatic carbocycles. The van der Waals surface area contributed by atoms with Gasteiger partial charge in [0.2, 0.25) is 5.88 Å². The largest absolute Gasteiger partial charge is 0.477 e. The van der Waals surface area contributed by atoms with Crippen molar-refractivity contribution in [2.24, 2.45) is 11.3 Å². The molecule has 136 valence electrons. The van der Waals surface area contributed by atoms with Crippen LogP contribution in [0.2, 0.25) is 0 Å². The highest BCUT2D eigenvalue weighted by atomic mass is 16.5. The van der Waals surface area contributed by atoms with E-state index in [0.717, 1.165) is 29.7 Å². The fourth-order valence-electron chi connectivity index (χ4n) is 3.75. The summed E-state index contributed by atoms with van der Waals surface area (Å²) >= 11 is 0. The molecule has 0 saturated heterocycles. The van der Waals surface area contributed by atoms with Crippen molar-refractivity contribution >= 4 is 6.09 Å². The van der Waals surface area contributed by atoms with Crippen LogP contribution in [-0.4, -0.2) is 22.8 Å². The standard InChI is InChI=1S/C21H24N2O3/c1-21(2)10-16-9-14(5-7-17(16)19(21)23-20(24)25)15-6-8-18(22-11-15)26-12-13-3-4-13/h5-9,11,13,19,23H,3-4,10,12H2,1-2H3,(H,24,25)/t19-/m0/s1. The summed E-state index contributed by atoms with van der Waals surface area (Å²) < 4.78 is 5.70. The van der Waals surface area contributed by atoms with Crippen molar-refractivity contribution in [1.82, 2.24) is 10.3 Å². The number of hydrogen-bond donors (Lipinski definition) is 2. The Kier molecular flexibility index (Phi) is 4.10. The maximum atomic E-state index is 11.1. The molecule has 4 rings (SSSR count). The molecule has 2 aromatic rings. The van der Waals surface area contributed by atoms with Crippen LogP contribution < -0.4 is 10.1 Å². The van der Waals surface area contributed by atoms with Gasteiger partial charge in [0.25, 0.3) is 0 Å². The van der Waals surface area contributed by atoms with Gasteiger partial charge in [-0.05, 0) is 53.4 Å². The molecule has 1 aromatic carbocycles. The molecule has 0 spiro atoms. The first-order chi connectivity index (χ1) is 12.4. The van der Waals surface area contributed by atoms with E-state index in [-0.39, 0.29) is 11.5 Å². The van der Waals surface area contributed by atoms with Crippen molar-refractivity contribution in [3.63, 3.8) is 0 Å². The summed E-state index contributed by atoms with van der Waals surface area (Å²) in [6.45, 7) is 4.96. The van der Waals surface area contributed by atoms with Crippen molar-refractivity contribution in [3.05, 3.63) is 47.7 Å². The molecule has 0 unspecified atom stereocenters. The van der Waals surface area contributed by atoms with Crippen LogP contribution in [0.3, 0.4) is 0 Å². The third-order valence-electron chi connectivity index (χ3n) is 5.38. The van der Waals surface area contributed by atoms with Gasteiger partial charge < -0.3 is 15.2 Å². The van der Waals surface area contributed by atoms with Crippen molar-refractivity contribution in [3.8, 4) is 17.0 Å². The van der Waals surface area contributed by atoms with Gasteiger partial charge in [-0.1, -0.05) is 32.0 Å². The van der Waals surface area contributed by atoms with Crippen molar-refractivity contribution < 1.29 is 14.6 Å². The van der Waals surface area contributed by atoms with Gasteiger partial charge in [-0.25, -0.2) is 9.78 Å². The van der Waals surface area contributed by atoms with Crippen molar-refractivity contribution in [1.29, 1.82) is 0 Å². The number of pyridine rings is 1. The number of ether oxygens (including phenoxy) is 1. The van der Waals surface area contributed by atoms with Crippen LogP contribution in [-0.2, 0) is 6.42 Å². The number of nitrogens with one attached hydrogen (secondary N) is 1. The Bertz CT molecular complexity index is 826. The molecular formula is C21H24N2O3.